The summed E-state index contributed by atoms with van der Waals surface area (Å²) in [5.41, 5.74) is 6.75. The zero-order valence-corrected chi connectivity index (χ0v) is 19.4. The lowest BCUT2D eigenvalue weighted by molar-refractivity contribution is 0.0953. The van der Waals surface area contributed by atoms with Crippen LogP contribution in [-0.2, 0) is 6.42 Å². The molecule has 3 aromatic rings. The summed E-state index contributed by atoms with van der Waals surface area (Å²) >= 11 is 6.01. The van der Waals surface area contributed by atoms with Crippen LogP contribution in [0.15, 0.2) is 52.0 Å². The van der Waals surface area contributed by atoms with Crippen molar-refractivity contribution in [2.45, 2.75) is 33.1 Å². The highest BCUT2D eigenvalue weighted by Gasteiger charge is 2.28. The van der Waals surface area contributed by atoms with Gasteiger partial charge in [0.15, 0.2) is 5.76 Å². The fraction of sp³-hybridized carbons (Fsp3) is 0.240. The molecule has 170 valence electrons. The molecule has 2 N–H and O–H groups in total. The highest BCUT2D eigenvalue weighted by Crippen LogP contribution is 2.31. The molecule has 0 radical (unpaired) electrons. The van der Waals surface area contributed by atoms with Gasteiger partial charge in [0.05, 0.1) is 12.8 Å². The lowest BCUT2D eigenvalue weighted by atomic mass is 9.93. The topological polar surface area (TPSA) is 92.9 Å². The van der Waals surface area contributed by atoms with E-state index in [2.05, 4.69) is 15.8 Å². The SMILES string of the molecule is COc1cccc(C(=O)N/N=C2\CCCc3oc(C(=O)Nc4ccc(Cl)cc4C)c(C)c32)c1. The Balaban J connectivity index is 1.56. The molecule has 1 aliphatic rings. The standard InChI is InChI=1S/C25H24ClN3O4/c1-14-12-17(26)10-11-19(14)27-25(31)23-15(2)22-20(8-5-9-21(22)33-23)28-29-24(30)16-6-4-7-18(13-16)32-3/h4,6-7,10-13H,5,8-9H2,1-3H3,(H,27,31)(H,29,30)/b28-20+. The first-order valence-corrected chi connectivity index (χ1v) is 11.0. The fourth-order valence-electron chi connectivity index (χ4n) is 3.89. The summed E-state index contributed by atoms with van der Waals surface area (Å²) in [6.07, 6.45) is 2.18. The van der Waals surface area contributed by atoms with Crippen molar-refractivity contribution in [1.29, 1.82) is 0 Å². The first-order chi connectivity index (χ1) is 15.9. The quantitative estimate of drug-likeness (QED) is 0.501. The van der Waals surface area contributed by atoms with Gasteiger partial charge in [-0.25, -0.2) is 5.43 Å². The van der Waals surface area contributed by atoms with Crippen molar-refractivity contribution >= 4 is 34.8 Å². The number of furan rings is 1. The maximum absolute atomic E-state index is 12.9. The van der Waals surface area contributed by atoms with E-state index in [9.17, 15) is 9.59 Å². The minimum Gasteiger partial charge on any atom is -0.497 e. The second kappa shape index (κ2) is 9.50. The number of anilines is 1. The van der Waals surface area contributed by atoms with Gasteiger partial charge in [0.1, 0.15) is 11.5 Å². The van der Waals surface area contributed by atoms with Crippen molar-refractivity contribution in [2.24, 2.45) is 5.10 Å². The molecule has 0 spiro atoms. The molecule has 0 bridgehead atoms. The predicted molar refractivity (Wildman–Crippen MR) is 128 cm³/mol. The number of halogens is 1. The van der Waals surface area contributed by atoms with Gasteiger partial charge in [-0.2, -0.15) is 5.10 Å². The lowest BCUT2D eigenvalue weighted by Gasteiger charge is -2.13. The molecule has 2 aromatic carbocycles. The average molecular weight is 466 g/mol. The Morgan fingerprint density at radius 3 is 2.67 bits per heavy atom. The zero-order valence-electron chi connectivity index (χ0n) is 18.6. The summed E-state index contributed by atoms with van der Waals surface area (Å²) in [5, 5.41) is 7.86. The van der Waals surface area contributed by atoms with Gasteiger partial charge in [-0.05, 0) is 68.7 Å². The third-order valence-electron chi connectivity index (χ3n) is 5.59. The number of benzene rings is 2. The molecule has 8 heteroatoms. The highest BCUT2D eigenvalue weighted by atomic mass is 35.5. The molecule has 1 aliphatic carbocycles. The summed E-state index contributed by atoms with van der Waals surface area (Å²) in [5.74, 6) is 0.847. The minimum absolute atomic E-state index is 0.239. The van der Waals surface area contributed by atoms with Gasteiger partial charge in [0, 0.05) is 33.8 Å². The van der Waals surface area contributed by atoms with Crippen LogP contribution in [0, 0.1) is 13.8 Å². The van der Waals surface area contributed by atoms with Crippen LogP contribution >= 0.6 is 11.6 Å². The minimum atomic E-state index is -0.342. The summed E-state index contributed by atoms with van der Waals surface area (Å²) in [6.45, 7) is 3.70. The number of nitrogens with zero attached hydrogens (tertiary/aromatic N) is 1. The van der Waals surface area contributed by atoms with Gasteiger partial charge in [-0.3, -0.25) is 9.59 Å². The van der Waals surface area contributed by atoms with Crippen molar-refractivity contribution in [3.63, 3.8) is 0 Å². The average Bonchev–Trinajstić information content (AvgIpc) is 3.16. The van der Waals surface area contributed by atoms with E-state index in [-0.39, 0.29) is 17.6 Å². The number of nitrogens with one attached hydrogen (secondary N) is 2. The summed E-state index contributed by atoms with van der Waals surface area (Å²) in [4.78, 5) is 25.5. The molecule has 7 nitrogen and oxygen atoms in total. The lowest BCUT2D eigenvalue weighted by Crippen LogP contribution is -2.22. The predicted octanol–water partition coefficient (Wildman–Crippen LogP) is 5.28. The number of rotatable bonds is 5. The molecule has 0 aliphatic heterocycles. The number of hydrogen-bond acceptors (Lipinski definition) is 5. The number of hydrazone groups is 1. The molecular weight excluding hydrogens is 442 g/mol. The number of hydrogen-bond donors (Lipinski definition) is 2. The van der Waals surface area contributed by atoms with Crippen LogP contribution in [0.3, 0.4) is 0 Å². The van der Waals surface area contributed by atoms with Crippen molar-refractivity contribution < 1.29 is 18.7 Å². The van der Waals surface area contributed by atoms with E-state index in [0.29, 0.717) is 51.9 Å². The number of amides is 2. The maximum atomic E-state index is 12.9. The molecule has 0 saturated heterocycles. The van der Waals surface area contributed by atoms with Crippen LogP contribution < -0.4 is 15.5 Å². The highest BCUT2D eigenvalue weighted by molar-refractivity contribution is 6.30. The second-order valence-electron chi connectivity index (χ2n) is 7.85. The number of methoxy groups -OCH3 is 1. The van der Waals surface area contributed by atoms with E-state index >= 15 is 0 Å². The third kappa shape index (κ3) is 4.78. The molecule has 0 saturated carbocycles. The van der Waals surface area contributed by atoms with Crippen LogP contribution in [0.5, 0.6) is 5.75 Å². The first-order valence-electron chi connectivity index (χ1n) is 10.6. The normalized spacial score (nSPS) is 14.0. The summed E-state index contributed by atoms with van der Waals surface area (Å²) in [7, 11) is 1.55. The number of ether oxygens (including phenoxy) is 1. The second-order valence-corrected chi connectivity index (χ2v) is 8.29. The number of aryl methyl sites for hydroxylation is 2. The smallest absolute Gasteiger partial charge is 0.291 e. The van der Waals surface area contributed by atoms with E-state index < -0.39 is 0 Å². The van der Waals surface area contributed by atoms with E-state index in [4.69, 9.17) is 20.8 Å². The number of carbonyl (C=O) groups excluding carboxylic acids is 2. The molecule has 0 atom stereocenters. The van der Waals surface area contributed by atoms with Crippen LogP contribution in [0.4, 0.5) is 5.69 Å². The Morgan fingerprint density at radius 1 is 1.09 bits per heavy atom. The van der Waals surface area contributed by atoms with E-state index in [1.54, 1.807) is 49.6 Å². The third-order valence-corrected chi connectivity index (χ3v) is 5.83. The Labute approximate surface area is 196 Å². The molecule has 0 fully saturated rings. The van der Waals surface area contributed by atoms with Crippen molar-refractivity contribution in [2.75, 3.05) is 12.4 Å². The largest absolute Gasteiger partial charge is 0.497 e. The van der Waals surface area contributed by atoms with Gasteiger partial charge < -0.3 is 14.5 Å². The molecule has 0 unspecified atom stereocenters. The van der Waals surface area contributed by atoms with Crippen LogP contribution in [0.25, 0.3) is 0 Å². The maximum Gasteiger partial charge on any atom is 0.291 e. The molecular formula is C25H24ClN3O4. The van der Waals surface area contributed by atoms with Gasteiger partial charge in [0.25, 0.3) is 11.8 Å². The van der Waals surface area contributed by atoms with E-state index in [1.807, 2.05) is 13.8 Å². The van der Waals surface area contributed by atoms with Crippen molar-refractivity contribution in [3.05, 3.63) is 81.3 Å². The first kappa shape index (κ1) is 22.6. The fourth-order valence-corrected chi connectivity index (χ4v) is 4.12. The van der Waals surface area contributed by atoms with Crippen LogP contribution in [0.1, 0.15) is 56.2 Å². The van der Waals surface area contributed by atoms with Crippen molar-refractivity contribution in [3.8, 4) is 5.75 Å². The Hall–Kier alpha value is -3.58. The summed E-state index contributed by atoms with van der Waals surface area (Å²) in [6, 6.07) is 12.1. The molecule has 1 aromatic heterocycles. The van der Waals surface area contributed by atoms with E-state index in [0.717, 1.165) is 17.5 Å². The van der Waals surface area contributed by atoms with Crippen molar-refractivity contribution in [1.82, 2.24) is 5.43 Å². The number of carbonyl (C=O) groups is 2. The monoisotopic (exact) mass is 465 g/mol. The van der Waals surface area contributed by atoms with E-state index in [1.165, 1.54) is 0 Å². The van der Waals surface area contributed by atoms with Crippen LogP contribution in [-0.4, -0.2) is 24.6 Å². The number of fused-ring (bicyclic) bond motifs is 1. The Bertz CT molecular complexity index is 1260. The van der Waals surface area contributed by atoms with Gasteiger partial charge in [-0.15, -0.1) is 0 Å². The van der Waals surface area contributed by atoms with Gasteiger partial charge >= 0.3 is 0 Å². The molecule has 33 heavy (non-hydrogen) atoms. The van der Waals surface area contributed by atoms with Gasteiger partial charge in [0.2, 0.25) is 0 Å². The Morgan fingerprint density at radius 2 is 1.91 bits per heavy atom. The zero-order chi connectivity index (χ0) is 23.5. The Kier molecular flexibility index (Phi) is 6.51. The summed E-state index contributed by atoms with van der Waals surface area (Å²) < 4.78 is 11.1. The molecule has 1 heterocycles. The molecule has 4 rings (SSSR count). The van der Waals surface area contributed by atoms with Gasteiger partial charge in [-0.1, -0.05) is 17.7 Å². The molecule has 2 amide bonds. The van der Waals surface area contributed by atoms with Crippen LogP contribution in [0.2, 0.25) is 5.02 Å².